The van der Waals surface area contributed by atoms with E-state index in [0.29, 0.717) is 15.9 Å². The van der Waals surface area contributed by atoms with Gasteiger partial charge in [-0.15, -0.1) is 0 Å². The Kier molecular flexibility index (Phi) is 3.18. The molecule has 0 aliphatic rings. The highest BCUT2D eigenvalue weighted by atomic mass is 35.5. The molecule has 1 heterocycles. The maximum Gasteiger partial charge on any atom is 0.260 e. The van der Waals surface area contributed by atoms with E-state index in [0.717, 1.165) is 5.56 Å². The Morgan fingerprint density at radius 3 is 2.67 bits per heavy atom. The van der Waals surface area contributed by atoms with Gasteiger partial charge in [-0.2, -0.15) is 0 Å². The standard InChI is InChI=1S/C16H11ClFNO2/c1-8-6-10-13(7-11(8)17)19-16(21)14(15(10)20)9-4-2-3-5-12(9)18/h2-7H,1H3,(H2,19,20,21). The SMILES string of the molecule is Cc1cc2c(O)c(-c3ccccc3F)c(=O)[nH]c2cc1Cl. The van der Waals surface area contributed by atoms with E-state index < -0.39 is 11.4 Å². The number of halogens is 2. The molecule has 3 nitrogen and oxygen atoms in total. The number of nitrogens with one attached hydrogen (secondary N) is 1. The molecule has 2 aromatic carbocycles. The molecule has 0 aliphatic carbocycles. The maximum atomic E-state index is 13.9. The molecule has 0 unspecified atom stereocenters. The van der Waals surface area contributed by atoms with Gasteiger partial charge in [0.2, 0.25) is 0 Å². The molecule has 0 atom stereocenters. The summed E-state index contributed by atoms with van der Waals surface area (Å²) in [6.07, 6.45) is 0. The second-order valence-electron chi connectivity index (χ2n) is 4.80. The van der Waals surface area contributed by atoms with Crippen molar-refractivity contribution in [3.63, 3.8) is 0 Å². The Hall–Kier alpha value is -2.33. The third-order valence-corrected chi connectivity index (χ3v) is 3.82. The predicted molar refractivity (Wildman–Crippen MR) is 81.4 cm³/mol. The van der Waals surface area contributed by atoms with Crippen molar-refractivity contribution >= 4 is 22.5 Å². The Balaban J connectivity index is 2.43. The first kappa shape index (κ1) is 13.6. The van der Waals surface area contributed by atoms with Crippen LogP contribution in [0.5, 0.6) is 5.75 Å². The van der Waals surface area contributed by atoms with E-state index in [9.17, 15) is 14.3 Å². The molecule has 3 aromatic rings. The van der Waals surface area contributed by atoms with Crippen molar-refractivity contribution in [1.82, 2.24) is 4.98 Å². The van der Waals surface area contributed by atoms with E-state index in [-0.39, 0.29) is 16.9 Å². The van der Waals surface area contributed by atoms with Gasteiger partial charge < -0.3 is 10.1 Å². The molecule has 0 bridgehead atoms. The number of hydrogen-bond donors (Lipinski definition) is 2. The van der Waals surface area contributed by atoms with Gasteiger partial charge in [0.15, 0.2) is 0 Å². The normalized spacial score (nSPS) is 11.0. The lowest BCUT2D eigenvalue weighted by Gasteiger charge is -2.10. The first-order chi connectivity index (χ1) is 9.99. The van der Waals surface area contributed by atoms with Crippen LogP contribution in [0.1, 0.15) is 5.56 Å². The maximum absolute atomic E-state index is 13.9. The molecule has 0 aliphatic heterocycles. The third kappa shape index (κ3) is 2.17. The fourth-order valence-electron chi connectivity index (χ4n) is 2.32. The van der Waals surface area contributed by atoms with Gasteiger partial charge in [0.05, 0.1) is 11.1 Å². The van der Waals surface area contributed by atoms with E-state index in [1.807, 2.05) is 0 Å². The van der Waals surface area contributed by atoms with E-state index in [1.54, 1.807) is 25.1 Å². The van der Waals surface area contributed by atoms with Crippen molar-refractivity contribution < 1.29 is 9.50 Å². The van der Waals surface area contributed by atoms with E-state index in [4.69, 9.17) is 11.6 Å². The van der Waals surface area contributed by atoms with Gasteiger partial charge in [-0.1, -0.05) is 29.8 Å². The van der Waals surface area contributed by atoms with Crippen molar-refractivity contribution in [3.8, 4) is 16.9 Å². The molecule has 0 spiro atoms. The van der Waals surface area contributed by atoms with Gasteiger partial charge in [-0.25, -0.2) is 4.39 Å². The van der Waals surface area contributed by atoms with Crippen LogP contribution in [-0.4, -0.2) is 10.1 Å². The predicted octanol–water partition coefficient (Wildman–Crippen LogP) is 4.00. The highest BCUT2D eigenvalue weighted by Crippen LogP contribution is 2.35. The van der Waals surface area contributed by atoms with Crippen molar-refractivity contribution in [3.05, 3.63) is 63.2 Å². The minimum atomic E-state index is -0.566. The van der Waals surface area contributed by atoms with Gasteiger partial charge in [0, 0.05) is 16.0 Å². The minimum absolute atomic E-state index is 0.0609. The number of fused-ring (bicyclic) bond motifs is 1. The van der Waals surface area contributed by atoms with Crippen molar-refractivity contribution in [2.24, 2.45) is 0 Å². The highest BCUT2D eigenvalue weighted by Gasteiger charge is 2.17. The molecule has 0 amide bonds. The van der Waals surface area contributed by atoms with Crippen molar-refractivity contribution in [2.45, 2.75) is 6.92 Å². The summed E-state index contributed by atoms with van der Waals surface area (Å²) in [5, 5.41) is 11.3. The van der Waals surface area contributed by atoms with Crippen LogP contribution < -0.4 is 5.56 Å². The fraction of sp³-hybridized carbons (Fsp3) is 0.0625. The monoisotopic (exact) mass is 303 g/mol. The van der Waals surface area contributed by atoms with Crippen LogP contribution in [0.15, 0.2) is 41.2 Å². The van der Waals surface area contributed by atoms with Gasteiger partial charge in [0.25, 0.3) is 5.56 Å². The van der Waals surface area contributed by atoms with E-state index in [1.165, 1.54) is 18.2 Å². The van der Waals surface area contributed by atoms with Crippen LogP contribution in [-0.2, 0) is 0 Å². The van der Waals surface area contributed by atoms with Gasteiger partial charge in [0.1, 0.15) is 11.6 Å². The lowest BCUT2D eigenvalue weighted by molar-refractivity contribution is 0.482. The molecule has 2 N–H and O–H groups in total. The number of benzene rings is 2. The summed E-state index contributed by atoms with van der Waals surface area (Å²) in [6, 6.07) is 9.05. The summed E-state index contributed by atoms with van der Waals surface area (Å²) in [6.45, 7) is 1.79. The molecular formula is C16H11ClFNO2. The Bertz CT molecular complexity index is 918. The van der Waals surface area contributed by atoms with Gasteiger partial charge in [-0.3, -0.25) is 4.79 Å². The van der Waals surface area contributed by atoms with Crippen LogP contribution in [0, 0.1) is 12.7 Å². The van der Waals surface area contributed by atoms with Crippen LogP contribution in [0.3, 0.4) is 0 Å². The van der Waals surface area contributed by atoms with Crippen LogP contribution in [0.25, 0.3) is 22.0 Å². The number of rotatable bonds is 1. The van der Waals surface area contributed by atoms with E-state index >= 15 is 0 Å². The largest absolute Gasteiger partial charge is 0.506 e. The minimum Gasteiger partial charge on any atom is -0.506 e. The lowest BCUT2D eigenvalue weighted by atomic mass is 10.0. The number of hydrogen-bond acceptors (Lipinski definition) is 2. The molecule has 3 rings (SSSR count). The second kappa shape index (κ2) is 4.90. The zero-order valence-electron chi connectivity index (χ0n) is 11.1. The summed E-state index contributed by atoms with van der Waals surface area (Å²) in [4.78, 5) is 14.8. The van der Waals surface area contributed by atoms with Crippen molar-refractivity contribution in [1.29, 1.82) is 0 Å². The zero-order chi connectivity index (χ0) is 15.1. The molecule has 0 fully saturated rings. The molecule has 0 saturated carbocycles. The average Bonchev–Trinajstić information content (AvgIpc) is 2.43. The lowest BCUT2D eigenvalue weighted by Crippen LogP contribution is -2.10. The summed E-state index contributed by atoms with van der Waals surface area (Å²) in [7, 11) is 0. The molecule has 106 valence electrons. The third-order valence-electron chi connectivity index (χ3n) is 3.41. The number of aromatic nitrogens is 1. The number of aromatic amines is 1. The molecule has 0 radical (unpaired) electrons. The Morgan fingerprint density at radius 1 is 1.24 bits per heavy atom. The van der Waals surface area contributed by atoms with Crippen molar-refractivity contribution in [2.75, 3.05) is 0 Å². The van der Waals surface area contributed by atoms with Crippen LogP contribution in [0.4, 0.5) is 4.39 Å². The first-order valence-electron chi connectivity index (χ1n) is 6.29. The number of aryl methyl sites for hydroxylation is 1. The number of aromatic hydroxyl groups is 1. The molecule has 1 aromatic heterocycles. The Morgan fingerprint density at radius 2 is 1.95 bits per heavy atom. The molecule has 21 heavy (non-hydrogen) atoms. The summed E-state index contributed by atoms with van der Waals surface area (Å²) in [5.74, 6) is -0.818. The Labute approximate surface area is 124 Å². The highest BCUT2D eigenvalue weighted by molar-refractivity contribution is 6.32. The first-order valence-corrected chi connectivity index (χ1v) is 6.67. The summed E-state index contributed by atoms with van der Waals surface area (Å²) >= 11 is 6.01. The topological polar surface area (TPSA) is 53.1 Å². The number of pyridine rings is 1. The van der Waals surface area contributed by atoms with Crippen LogP contribution in [0.2, 0.25) is 5.02 Å². The molecule has 5 heteroatoms. The van der Waals surface area contributed by atoms with Gasteiger partial charge >= 0.3 is 0 Å². The second-order valence-corrected chi connectivity index (χ2v) is 5.21. The average molecular weight is 304 g/mol. The summed E-state index contributed by atoms with van der Waals surface area (Å²) < 4.78 is 13.9. The quantitative estimate of drug-likeness (QED) is 0.714. The molecule has 0 saturated heterocycles. The number of H-pyrrole nitrogens is 1. The van der Waals surface area contributed by atoms with Crippen LogP contribution >= 0.6 is 11.6 Å². The smallest absolute Gasteiger partial charge is 0.260 e. The zero-order valence-corrected chi connectivity index (χ0v) is 11.8. The fourth-order valence-corrected chi connectivity index (χ4v) is 2.49. The van der Waals surface area contributed by atoms with Gasteiger partial charge in [-0.05, 0) is 30.7 Å². The molecular weight excluding hydrogens is 293 g/mol. The summed E-state index contributed by atoms with van der Waals surface area (Å²) in [5.41, 5.74) is 0.581. The van der Waals surface area contributed by atoms with E-state index in [2.05, 4.69) is 4.98 Å².